The monoisotopic (exact) mass is 366 g/mol. The molecule has 25 heavy (non-hydrogen) atoms. The quantitative estimate of drug-likeness (QED) is 0.853. The van der Waals surface area contributed by atoms with Crippen LogP contribution in [0.3, 0.4) is 0 Å². The second kappa shape index (κ2) is 7.62. The van der Waals surface area contributed by atoms with Crippen LogP contribution in [-0.2, 0) is 21.4 Å². The minimum absolute atomic E-state index is 0.0640. The highest BCUT2D eigenvalue weighted by Crippen LogP contribution is 2.30. The predicted molar refractivity (Wildman–Crippen MR) is 92.4 cm³/mol. The molecule has 8 heteroatoms. The molecule has 0 fully saturated rings. The number of carbonyl (C=O) groups is 1. The van der Waals surface area contributed by atoms with Crippen molar-refractivity contribution in [1.82, 2.24) is 4.31 Å². The van der Waals surface area contributed by atoms with Crippen LogP contribution in [0.4, 0.5) is 10.1 Å². The number of ether oxygens (including phenoxy) is 1. The summed E-state index contributed by atoms with van der Waals surface area (Å²) in [5.41, 5.74) is 0.992. The number of hydrogen-bond acceptors (Lipinski definition) is 4. The van der Waals surface area contributed by atoms with Crippen LogP contribution in [0.5, 0.6) is 5.75 Å². The first-order valence-electron chi connectivity index (χ1n) is 7.40. The summed E-state index contributed by atoms with van der Waals surface area (Å²) in [6, 6.07) is 9.96. The number of anilines is 1. The Hall–Kier alpha value is -2.45. The molecule has 0 spiro atoms. The first-order chi connectivity index (χ1) is 11.7. The molecule has 2 aromatic rings. The SMILES string of the molecule is COc1ccc(NC(C)=O)cc1S(=O)(=O)N(C)Cc1ccc(F)cc1. The summed E-state index contributed by atoms with van der Waals surface area (Å²) >= 11 is 0. The molecule has 1 N–H and O–H groups in total. The molecule has 2 aromatic carbocycles. The van der Waals surface area contributed by atoms with Gasteiger partial charge in [-0.3, -0.25) is 4.79 Å². The van der Waals surface area contributed by atoms with Crippen molar-refractivity contribution in [3.05, 3.63) is 53.8 Å². The third-order valence-corrected chi connectivity index (χ3v) is 5.32. The van der Waals surface area contributed by atoms with Gasteiger partial charge >= 0.3 is 0 Å². The summed E-state index contributed by atoms with van der Waals surface area (Å²) in [5, 5.41) is 2.54. The Morgan fingerprint density at radius 2 is 1.84 bits per heavy atom. The summed E-state index contributed by atoms with van der Waals surface area (Å²) in [5.74, 6) is -0.535. The first kappa shape index (κ1) is 18.9. The summed E-state index contributed by atoms with van der Waals surface area (Å²) in [6.07, 6.45) is 0. The van der Waals surface area contributed by atoms with Crippen molar-refractivity contribution in [2.75, 3.05) is 19.5 Å². The van der Waals surface area contributed by atoms with Gasteiger partial charge in [0.15, 0.2) is 0 Å². The number of amides is 1. The van der Waals surface area contributed by atoms with E-state index in [1.54, 1.807) is 6.07 Å². The molecule has 0 aromatic heterocycles. The van der Waals surface area contributed by atoms with E-state index in [4.69, 9.17) is 4.74 Å². The van der Waals surface area contributed by atoms with E-state index >= 15 is 0 Å². The Labute approximate surface area is 146 Å². The van der Waals surface area contributed by atoms with E-state index in [1.165, 1.54) is 57.5 Å². The Morgan fingerprint density at radius 3 is 2.40 bits per heavy atom. The highest BCUT2D eigenvalue weighted by atomic mass is 32.2. The van der Waals surface area contributed by atoms with Gasteiger partial charge in [-0.25, -0.2) is 12.8 Å². The van der Waals surface area contributed by atoms with Gasteiger partial charge in [0.2, 0.25) is 15.9 Å². The summed E-state index contributed by atoms with van der Waals surface area (Å²) in [4.78, 5) is 11.1. The zero-order valence-electron chi connectivity index (χ0n) is 14.1. The average Bonchev–Trinajstić information content (AvgIpc) is 2.56. The lowest BCUT2D eigenvalue weighted by atomic mass is 10.2. The van der Waals surface area contributed by atoms with Crippen molar-refractivity contribution >= 4 is 21.6 Å². The van der Waals surface area contributed by atoms with Gasteiger partial charge in [-0.05, 0) is 35.9 Å². The normalized spacial score (nSPS) is 11.4. The molecule has 0 unspecified atom stereocenters. The number of benzene rings is 2. The van der Waals surface area contributed by atoms with Crippen molar-refractivity contribution in [2.24, 2.45) is 0 Å². The van der Waals surface area contributed by atoms with E-state index in [-0.39, 0.29) is 28.9 Å². The van der Waals surface area contributed by atoms with Crippen LogP contribution in [0.1, 0.15) is 12.5 Å². The number of rotatable bonds is 6. The summed E-state index contributed by atoms with van der Waals surface area (Å²) < 4.78 is 45.0. The number of carbonyl (C=O) groups excluding carboxylic acids is 1. The molecular formula is C17H19FN2O4S. The minimum atomic E-state index is -3.89. The molecule has 0 saturated carbocycles. The Morgan fingerprint density at radius 1 is 1.20 bits per heavy atom. The van der Waals surface area contributed by atoms with Crippen molar-refractivity contribution < 1.29 is 22.3 Å². The van der Waals surface area contributed by atoms with Gasteiger partial charge in [0.05, 0.1) is 7.11 Å². The number of sulfonamides is 1. The Kier molecular flexibility index (Phi) is 5.76. The van der Waals surface area contributed by atoms with Crippen molar-refractivity contribution in [2.45, 2.75) is 18.4 Å². The Balaban J connectivity index is 2.36. The minimum Gasteiger partial charge on any atom is -0.495 e. The van der Waals surface area contributed by atoms with E-state index in [2.05, 4.69) is 5.32 Å². The molecule has 0 aliphatic rings. The smallest absolute Gasteiger partial charge is 0.246 e. The van der Waals surface area contributed by atoms with Crippen molar-refractivity contribution in [3.63, 3.8) is 0 Å². The first-order valence-corrected chi connectivity index (χ1v) is 8.84. The fourth-order valence-electron chi connectivity index (χ4n) is 2.26. The summed E-state index contributed by atoms with van der Waals surface area (Å²) in [7, 11) is -1.10. The average molecular weight is 366 g/mol. The van der Waals surface area contributed by atoms with Crippen LogP contribution in [0.2, 0.25) is 0 Å². The highest BCUT2D eigenvalue weighted by Gasteiger charge is 2.25. The topological polar surface area (TPSA) is 75.7 Å². The number of hydrogen-bond donors (Lipinski definition) is 1. The van der Waals surface area contributed by atoms with Crippen LogP contribution in [0.25, 0.3) is 0 Å². The molecule has 0 atom stereocenters. The van der Waals surface area contributed by atoms with E-state index in [9.17, 15) is 17.6 Å². The second-order valence-electron chi connectivity index (χ2n) is 5.43. The molecule has 1 amide bonds. The third kappa shape index (κ3) is 4.55. The van der Waals surface area contributed by atoms with E-state index < -0.39 is 10.0 Å². The molecule has 0 radical (unpaired) electrons. The lowest BCUT2D eigenvalue weighted by Gasteiger charge is -2.19. The largest absolute Gasteiger partial charge is 0.495 e. The van der Waals surface area contributed by atoms with Crippen LogP contribution in [0, 0.1) is 5.82 Å². The maximum atomic E-state index is 13.0. The fourth-order valence-corrected chi connectivity index (χ4v) is 3.60. The highest BCUT2D eigenvalue weighted by molar-refractivity contribution is 7.89. The van der Waals surface area contributed by atoms with Crippen LogP contribution < -0.4 is 10.1 Å². The molecule has 6 nitrogen and oxygen atoms in total. The standard InChI is InChI=1S/C17H19FN2O4S/c1-12(21)19-15-8-9-16(24-3)17(10-15)25(22,23)20(2)11-13-4-6-14(18)7-5-13/h4-10H,11H2,1-3H3,(H,19,21). The maximum Gasteiger partial charge on any atom is 0.246 e. The van der Waals surface area contributed by atoms with Gasteiger partial charge in [-0.15, -0.1) is 0 Å². The van der Waals surface area contributed by atoms with E-state index in [0.717, 1.165) is 4.31 Å². The molecular weight excluding hydrogens is 347 g/mol. The predicted octanol–water partition coefficient (Wildman–Crippen LogP) is 2.61. The number of nitrogens with zero attached hydrogens (tertiary/aromatic N) is 1. The molecule has 0 bridgehead atoms. The zero-order chi connectivity index (χ0) is 18.6. The van der Waals surface area contributed by atoms with Crippen LogP contribution >= 0.6 is 0 Å². The molecule has 0 heterocycles. The van der Waals surface area contributed by atoms with Crippen molar-refractivity contribution in [1.29, 1.82) is 0 Å². The number of halogens is 1. The summed E-state index contributed by atoms with van der Waals surface area (Å²) in [6.45, 7) is 1.40. The lowest BCUT2D eigenvalue weighted by Crippen LogP contribution is -2.27. The van der Waals surface area contributed by atoms with Crippen LogP contribution in [-0.4, -0.2) is 32.8 Å². The number of methoxy groups -OCH3 is 1. The van der Waals surface area contributed by atoms with Crippen molar-refractivity contribution in [3.8, 4) is 5.75 Å². The second-order valence-corrected chi connectivity index (χ2v) is 7.45. The van der Waals surface area contributed by atoms with Gasteiger partial charge in [0.25, 0.3) is 0 Å². The lowest BCUT2D eigenvalue weighted by molar-refractivity contribution is -0.114. The van der Waals surface area contributed by atoms with Gasteiger partial charge < -0.3 is 10.1 Å². The Bertz CT molecular complexity index is 867. The van der Waals surface area contributed by atoms with Crippen LogP contribution in [0.15, 0.2) is 47.4 Å². The van der Waals surface area contributed by atoms with E-state index in [1.807, 2.05) is 0 Å². The molecule has 0 aliphatic carbocycles. The molecule has 134 valence electrons. The van der Waals surface area contributed by atoms with Gasteiger partial charge in [0.1, 0.15) is 16.5 Å². The number of nitrogens with one attached hydrogen (secondary N) is 1. The fraction of sp³-hybridized carbons (Fsp3) is 0.235. The van der Waals surface area contributed by atoms with Gasteiger partial charge in [0, 0.05) is 26.2 Å². The van der Waals surface area contributed by atoms with Gasteiger partial charge in [-0.1, -0.05) is 12.1 Å². The van der Waals surface area contributed by atoms with E-state index in [0.29, 0.717) is 11.3 Å². The molecule has 2 rings (SSSR count). The molecule has 0 saturated heterocycles. The maximum absolute atomic E-state index is 13.0. The molecule has 0 aliphatic heterocycles. The zero-order valence-corrected chi connectivity index (χ0v) is 14.9. The van der Waals surface area contributed by atoms with Gasteiger partial charge in [-0.2, -0.15) is 4.31 Å². The third-order valence-electron chi connectivity index (χ3n) is 3.49.